The molecule has 0 unspecified atom stereocenters. The van der Waals surface area contributed by atoms with Crippen LogP contribution in [0.2, 0.25) is 0 Å². The first-order valence-electron chi connectivity index (χ1n) is 6.85. The van der Waals surface area contributed by atoms with Crippen LogP contribution in [0.3, 0.4) is 0 Å². The van der Waals surface area contributed by atoms with Crippen LogP contribution in [-0.2, 0) is 6.54 Å². The molecule has 1 N–H and O–H groups in total. The van der Waals surface area contributed by atoms with Crippen molar-refractivity contribution in [3.8, 4) is 0 Å². The summed E-state index contributed by atoms with van der Waals surface area (Å²) < 4.78 is 14.0. The predicted molar refractivity (Wildman–Crippen MR) is 76.6 cm³/mol. The van der Waals surface area contributed by atoms with Crippen molar-refractivity contribution in [2.75, 3.05) is 18.0 Å². The van der Waals surface area contributed by atoms with E-state index in [0.717, 1.165) is 30.8 Å². The fraction of sp³-hybridized carbons (Fsp3) is 0.600. The lowest BCUT2D eigenvalue weighted by atomic mass is 10.1. The molecule has 102 valence electrons. The lowest BCUT2D eigenvalue weighted by Crippen LogP contribution is -2.28. The highest BCUT2D eigenvalue weighted by Gasteiger charge is 2.13. The van der Waals surface area contributed by atoms with Crippen molar-refractivity contribution in [2.24, 2.45) is 0 Å². The van der Waals surface area contributed by atoms with Gasteiger partial charge < -0.3 is 10.2 Å². The maximum Gasteiger partial charge on any atom is 0.129 e. The second kappa shape index (κ2) is 7.37. The molecule has 0 bridgehead atoms. The van der Waals surface area contributed by atoms with Gasteiger partial charge >= 0.3 is 0 Å². The highest BCUT2D eigenvalue weighted by atomic mass is 19.1. The Balaban J connectivity index is 2.98. The van der Waals surface area contributed by atoms with E-state index in [-0.39, 0.29) is 5.82 Å². The van der Waals surface area contributed by atoms with Crippen LogP contribution in [0.4, 0.5) is 10.1 Å². The Morgan fingerprint density at radius 2 is 2.00 bits per heavy atom. The molecule has 0 aromatic heterocycles. The molecule has 0 spiro atoms. The van der Waals surface area contributed by atoms with Crippen molar-refractivity contribution < 1.29 is 4.39 Å². The number of nitrogens with one attached hydrogen (secondary N) is 1. The maximum absolute atomic E-state index is 14.0. The number of anilines is 1. The molecule has 1 aromatic carbocycles. The summed E-state index contributed by atoms with van der Waals surface area (Å²) in [5.41, 5.74) is 1.80. The smallest absolute Gasteiger partial charge is 0.129 e. The molecule has 0 heterocycles. The average molecular weight is 252 g/mol. The molecule has 0 aliphatic heterocycles. The average Bonchev–Trinajstić information content (AvgIpc) is 2.34. The molecular weight excluding hydrogens is 227 g/mol. The van der Waals surface area contributed by atoms with Crippen molar-refractivity contribution in [1.29, 1.82) is 0 Å². The minimum Gasteiger partial charge on any atom is -0.371 e. The van der Waals surface area contributed by atoms with Crippen LogP contribution in [0, 0.1) is 5.82 Å². The minimum absolute atomic E-state index is 0.116. The molecule has 18 heavy (non-hydrogen) atoms. The third-order valence-corrected chi connectivity index (χ3v) is 3.00. The molecule has 0 aliphatic carbocycles. The van der Waals surface area contributed by atoms with Gasteiger partial charge in [0.05, 0.1) is 0 Å². The second-order valence-corrected chi connectivity index (χ2v) is 4.85. The molecule has 0 aliphatic rings. The van der Waals surface area contributed by atoms with Gasteiger partial charge in [-0.1, -0.05) is 26.8 Å². The van der Waals surface area contributed by atoms with Gasteiger partial charge in [0.25, 0.3) is 0 Å². The van der Waals surface area contributed by atoms with E-state index in [1.165, 1.54) is 0 Å². The Morgan fingerprint density at radius 3 is 2.56 bits per heavy atom. The number of rotatable bonds is 7. The third kappa shape index (κ3) is 3.98. The normalized spacial score (nSPS) is 11.0. The standard InChI is InChI=1S/C15H25FN2/c1-5-10-18(6-2)15-9-7-8-14(16)13(15)11-17-12(3)4/h7-9,12,17H,5-6,10-11H2,1-4H3. The monoisotopic (exact) mass is 252 g/mol. The molecular formula is C15H25FN2. The Bertz CT molecular complexity index is 364. The zero-order valence-corrected chi connectivity index (χ0v) is 12.0. The Hall–Kier alpha value is -1.09. The van der Waals surface area contributed by atoms with Gasteiger partial charge in [-0.05, 0) is 25.5 Å². The highest BCUT2D eigenvalue weighted by Crippen LogP contribution is 2.23. The molecule has 0 saturated heterocycles. The fourth-order valence-electron chi connectivity index (χ4n) is 2.04. The van der Waals surface area contributed by atoms with Crippen LogP contribution in [0.5, 0.6) is 0 Å². The number of hydrogen-bond donors (Lipinski definition) is 1. The van der Waals surface area contributed by atoms with Crippen molar-refractivity contribution in [2.45, 2.75) is 46.7 Å². The molecule has 0 atom stereocenters. The highest BCUT2D eigenvalue weighted by molar-refractivity contribution is 5.54. The molecule has 3 heteroatoms. The number of benzene rings is 1. The molecule has 2 nitrogen and oxygen atoms in total. The van der Waals surface area contributed by atoms with Crippen LogP contribution in [0.15, 0.2) is 18.2 Å². The molecule has 1 aromatic rings. The quantitative estimate of drug-likeness (QED) is 0.798. The van der Waals surface area contributed by atoms with Gasteiger partial charge in [0.2, 0.25) is 0 Å². The van der Waals surface area contributed by atoms with Gasteiger partial charge in [0.15, 0.2) is 0 Å². The predicted octanol–water partition coefficient (Wildman–Crippen LogP) is 3.56. The van der Waals surface area contributed by atoms with E-state index in [1.807, 2.05) is 6.07 Å². The summed E-state index contributed by atoms with van der Waals surface area (Å²) in [5, 5.41) is 3.30. The Kier molecular flexibility index (Phi) is 6.13. The molecule has 1 rings (SSSR count). The second-order valence-electron chi connectivity index (χ2n) is 4.85. The van der Waals surface area contributed by atoms with E-state index in [0.29, 0.717) is 12.6 Å². The number of halogens is 1. The number of nitrogens with zero attached hydrogens (tertiary/aromatic N) is 1. The van der Waals surface area contributed by atoms with Crippen molar-refractivity contribution >= 4 is 5.69 Å². The molecule has 0 saturated carbocycles. The first kappa shape index (κ1) is 15.0. The summed E-state index contributed by atoms with van der Waals surface area (Å²) in [7, 11) is 0. The lowest BCUT2D eigenvalue weighted by molar-refractivity contribution is 0.551. The zero-order chi connectivity index (χ0) is 13.5. The van der Waals surface area contributed by atoms with Gasteiger partial charge in [-0.3, -0.25) is 0 Å². The summed E-state index contributed by atoms with van der Waals surface area (Å²) in [6, 6.07) is 5.71. The van der Waals surface area contributed by atoms with E-state index in [9.17, 15) is 4.39 Å². The van der Waals surface area contributed by atoms with E-state index < -0.39 is 0 Å². The first-order chi connectivity index (χ1) is 8.60. The van der Waals surface area contributed by atoms with Crippen LogP contribution >= 0.6 is 0 Å². The summed E-state index contributed by atoms with van der Waals surface area (Å²) in [4.78, 5) is 2.24. The molecule has 0 radical (unpaired) electrons. The summed E-state index contributed by atoms with van der Waals surface area (Å²) in [6.07, 6.45) is 1.07. The number of hydrogen-bond acceptors (Lipinski definition) is 2. The third-order valence-electron chi connectivity index (χ3n) is 3.00. The fourth-order valence-corrected chi connectivity index (χ4v) is 2.04. The van der Waals surface area contributed by atoms with Crippen LogP contribution in [-0.4, -0.2) is 19.1 Å². The summed E-state index contributed by atoms with van der Waals surface area (Å²) >= 11 is 0. The Morgan fingerprint density at radius 1 is 1.28 bits per heavy atom. The minimum atomic E-state index is -0.116. The van der Waals surface area contributed by atoms with Gasteiger partial charge in [-0.15, -0.1) is 0 Å². The van der Waals surface area contributed by atoms with Gasteiger partial charge in [-0.2, -0.15) is 0 Å². The van der Waals surface area contributed by atoms with E-state index in [1.54, 1.807) is 12.1 Å². The Labute approximate surface area is 110 Å². The van der Waals surface area contributed by atoms with E-state index >= 15 is 0 Å². The SMILES string of the molecule is CCCN(CC)c1cccc(F)c1CNC(C)C. The van der Waals surface area contributed by atoms with Crippen molar-refractivity contribution in [3.05, 3.63) is 29.6 Å². The van der Waals surface area contributed by atoms with Crippen LogP contribution in [0.1, 0.15) is 39.7 Å². The topological polar surface area (TPSA) is 15.3 Å². The summed E-state index contributed by atoms with van der Waals surface area (Å²) in [5.74, 6) is -0.116. The van der Waals surface area contributed by atoms with E-state index in [4.69, 9.17) is 0 Å². The van der Waals surface area contributed by atoms with Gasteiger partial charge in [0.1, 0.15) is 5.82 Å². The van der Waals surface area contributed by atoms with Crippen molar-refractivity contribution in [1.82, 2.24) is 5.32 Å². The van der Waals surface area contributed by atoms with Crippen molar-refractivity contribution in [3.63, 3.8) is 0 Å². The lowest BCUT2D eigenvalue weighted by Gasteiger charge is -2.26. The molecule has 0 amide bonds. The zero-order valence-electron chi connectivity index (χ0n) is 12.0. The van der Waals surface area contributed by atoms with Crippen LogP contribution in [0.25, 0.3) is 0 Å². The van der Waals surface area contributed by atoms with Gasteiger partial charge in [-0.25, -0.2) is 4.39 Å². The largest absolute Gasteiger partial charge is 0.371 e. The van der Waals surface area contributed by atoms with Crippen LogP contribution < -0.4 is 10.2 Å². The first-order valence-corrected chi connectivity index (χ1v) is 6.85. The molecule has 0 fully saturated rings. The van der Waals surface area contributed by atoms with E-state index in [2.05, 4.69) is 37.9 Å². The van der Waals surface area contributed by atoms with Gasteiger partial charge in [0, 0.05) is 36.9 Å². The maximum atomic E-state index is 14.0. The summed E-state index contributed by atoms with van der Waals surface area (Å²) in [6.45, 7) is 10.9.